The summed E-state index contributed by atoms with van der Waals surface area (Å²) in [6, 6.07) is 16.6. The molecule has 6 nitrogen and oxygen atoms in total. The summed E-state index contributed by atoms with van der Waals surface area (Å²) in [5.74, 6) is -1.96. The Morgan fingerprint density at radius 3 is 1.77 bits per heavy atom. The van der Waals surface area contributed by atoms with Gasteiger partial charge in [-0.2, -0.15) is 21.0 Å². The lowest BCUT2D eigenvalue weighted by Gasteiger charge is -2.12. The predicted octanol–water partition coefficient (Wildman–Crippen LogP) is 5.16. The van der Waals surface area contributed by atoms with Gasteiger partial charge in [-0.1, -0.05) is 18.2 Å². The first-order valence-corrected chi connectivity index (χ1v) is 10.1. The fraction of sp³-hybridized carbons (Fsp3) is 0. The highest BCUT2D eigenvalue weighted by Crippen LogP contribution is 2.57. The van der Waals surface area contributed by atoms with Gasteiger partial charge >= 0.3 is 0 Å². The lowest BCUT2D eigenvalue weighted by molar-refractivity contribution is 0.477. The summed E-state index contributed by atoms with van der Waals surface area (Å²) in [6.07, 6.45) is 1.50. The molecule has 0 spiro atoms. The molecule has 8 heteroatoms. The third-order valence-corrected chi connectivity index (χ3v) is 5.93. The molecule has 2 aliphatic carbocycles. The van der Waals surface area contributed by atoms with Crippen molar-refractivity contribution < 1.29 is 13.9 Å². The van der Waals surface area contributed by atoms with E-state index in [2.05, 4.69) is 4.98 Å². The van der Waals surface area contributed by atoms with Crippen molar-refractivity contribution in [3.05, 3.63) is 99.3 Å². The zero-order chi connectivity index (χ0) is 24.9. The molecule has 1 heterocycles. The van der Waals surface area contributed by atoms with Crippen molar-refractivity contribution in [1.29, 1.82) is 21.0 Å². The first-order chi connectivity index (χ1) is 17.0. The number of aromatic nitrogens is 1. The lowest BCUT2D eigenvalue weighted by Crippen LogP contribution is -1.96. The van der Waals surface area contributed by atoms with Gasteiger partial charge in [0.2, 0.25) is 0 Å². The standard InChI is InChI=1S/C27H9F2N5O/c28-17-6-7-18(29)25-21(14(11-32)12-33)26(20(24(17)25)13(9-30)10-31)22-15-3-1-5-19(35)23(15)27-16(22)4-2-8-34-27/h1-8,35H. The van der Waals surface area contributed by atoms with E-state index in [-0.39, 0.29) is 39.2 Å². The Balaban J connectivity index is 2.14. The maximum absolute atomic E-state index is 15.2. The second-order valence-corrected chi connectivity index (χ2v) is 7.58. The number of halogens is 2. The molecule has 0 saturated heterocycles. The van der Waals surface area contributed by atoms with E-state index in [1.165, 1.54) is 12.3 Å². The molecular formula is C27H9F2N5O. The first-order valence-electron chi connectivity index (χ1n) is 10.1. The van der Waals surface area contributed by atoms with Crippen LogP contribution in [0.3, 0.4) is 0 Å². The maximum atomic E-state index is 15.2. The summed E-state index contributed by atoms with van der Waals surface area (Å²) in [6.45, 7) is 0. The Labute approximate surface area is 197 Å². The van der Waals surface area contributed by atoms with Gasteiger partial charge in [0, 0.05) is 45.2 Å². The van der Waals surface area contributed by atoms with Gasteiger partial charge in [-0.25, -0.2) is 8.78 Å². The van der Waals surface area contributed by atoms with Gasteiger partial charge in [0.05, 0.1) is 11.3 Å². The number of nitriles is 4. The number of hydrogen-bond acceptors (Lipinski definition) is 6. The SMILES string of the molecule is N#CC(C#N)=C1C(=C2c3cccnc3-c3c(O)cccc32)C(=C(C#N)C#N)c2c(F)ccc(F)c21. The number of pyridine rings is 1. The predicted molar refractivity (Wildman–Crippen MR) is 120 cm³/mol. The molecule has 0 unspecified atom stereocenters. The molecule has 0 amide bonds. The van der Waals surface area contributed by atoms with Gasteiger partial charge in [-0.3, -0.25) is 4.98 Å². The van der Waals surface area contributed by atoms with E-state index in [0.29, 0.717) is 22.4 Å². The molecule has 35 heavy (non-hydrogen) atoms. The normalized spacial score (nSPS) is 12.6. The first kappa shape index (κ1) is 21.3. The van der Waals surface area contributed by atoms with Gasteiger partial charge < -0.3 is 5.11 Å². The van der Waals surface area contributed by atoms with Crippen molar-refractivity contribution in [2.24, 2.45) is 0 Å². The van der Waals surface area contributed by atoms with Gasteiger partial charge in [-0.15, -0.1) is 0 Å². The third kappa shape index (κ3) is 2.79. The average molecular weight is 457 g/mol. The van der Waals surface area contributed by atoms with Crippen LogP contribution in [-0.4, -0.2) is 10.1 Å². The monoisotopic (exact) mass is 457 g/mol. The van der Waals surface area contributed by atoms with E-state index in [4.69, 9.17) is 0 Å². The van der Waals surface area contributed by atoms with Crippen molar-refractivity contribution in [2.75, 3.05) is 0 Å². The van der Waals surface area contributed by atoms with E-state index < -0.39 is 22.8 Å². The van der Waals surface area contributed by atoms with Crippen LogP contribution in [0.5, 0.6) is 5.75 Å². The van der Waals surface area contributed by atoms with E-state index in [1.807, 2.05) is 0 Å². The Morgan fingerprint density at radius 1 is 0.686 bits per heavy atom. The van der Waals surface area contributed by atoms with E-state index >= 15 is 8.78 Å². The molecule has 0 fully saturated rings. The van der Waals surface area contributed by atoms with Crippen LogP contribution in [0.15, 0.2) is 65.4 Å². The van der Waals surface area contributed by atoms with Gasteiger partial charge in [-0.05, 0) is 29.8 Å². The number of phenols is 1. The minimum absolute atomic E-state index is 0.0289. The number of rotatable bonds is 0. The van der Waals surface area contributed by atoms with Crippen LogP contribution in [-0.2, 0) is 0 Å². The van der Waals surface area contributed by atoms with Crippen LogP contribution in [0.2, 0.25) is 0 Å². The smallest absolute Gasteiger partial charge is 0.138 e. The molecule has 0 saturated carbocycles. The number of fused-ring (bicyclic) bond motifs is 4. The minimum Gasteiger partial charge on any atom is -0.507 e. The van der Waals surface area contributed by atoms with Gasteiger partial charge in [0.25, 0.3) is 0 Å². The third-order valence-electron chi connectivity index (χ3n) is 5.93. The Hall–Kier alpha value is -5.57. The highest BCUT2D eigenvalue weighted by Gasteiger charge is 2.41. The molecular weight excluding hydrogens is 448 g/mol. The molecule has 0 radical (unpaired) electrons. The second kappa shape index (κ2) is 7.78. The van der Waals surface area contributed by atoms with Crippen molar-refractivity contribution in [3.63, 3.8) is 0 Å². The fourth-order valence-corrected chi connectivity index (χ4v) is 4.66. The molecule has 1 N–H and O–H groups in total. The summed E-state index contributed by atoms with van der Waals surface area (Å²) in [7, 11) is 0. The van der Waals surface area contributed by atoms with Crippen LogP contribution in [0.4, 0.5) is 8.78 Å². The zero-order valence-electron chi connectivity index (χ0n) is 17.6. The number of benzene rings is 2. The summed E-state index contributed by atoms with van der Waals surface area (Å²) in [5, 5.41) is 49.6. The number of nitrogens with zero attached hydrogens (tertiary/aromatic N) is 5. The highest BCUT2D eigenvalue weighted by molar-refractivity contribution is 6.21. The maximum Gasteiger partial charge on any atom is 0.138 e. The number of allylic oxidation sites excluding steroid dienone is 5. The van der Waals surface area contributed by atoms with Crippen LogP contribution in [0, 0.1) is 57.0 Å². The molecule has 0 aliphatic heterocycles. The van der Waals surface area contributed by atoms with Crippen LogP contribution < -0.4 is 0 Å². The number of hydrogen-bond donors (Lipinski definition) is 1. The Morgan fingerprint density at radius 2 is 1.23 bits per heavy atom. The van der Waals surface area contributed by atoms with E-state index in [9.17, 15) is 26.2 Å². The molecule has 0 bridgehead atoms. The number of phenolic OH excluding ortho intramolecular Hbond substituents is 1. The largest absolute Gasteiger partial charge is 0.507 e. The van der Waals surface area contributed by atoms with E-state index in [1.54, 1.807) is 48.5 Å². The molecule has 3 aromatic rings. The highest BCUT2D eigenvalue weighted by atomic mass is 19.1. The van der Waals surface area contributed by atoms with Crippen molar-refractivity contribution in [1.82, 2.24) is 4.98 Å². The topological polar surface area (TPSA) is 128 Å². The zero-order valence-corrected chi connectivity index (χ0v) is 17.6. The molecule has 2 aliphatic rings. The summed E-state index contributed by atoms with van der Waals surface area (Å²) < 4.78 is 30.5. The quantitative estimate of drug-likeness (QED) is 0.363. The molecule has 2 aromatic carbocycles. The molecule has 162 valence electrons. The van der Waals surface area contributed by atoms with Gasteiger partial charge in [0.1, 0.15) is 52.8 Å². The van der Waals surface area contributed by atoms with Crippen molar-refractivity contribution in [3.8, 4) is 41.3 Å². The second-order valence-electron chi connectivity index (χ2n) is 7.58. The number of aromatic hydroxyl groups is 1. The Bertz CT molecular complexity index is 1660. The molecule has 5 rings (SSSR count). The minimum atomic E-state index is -0.928. The lowest BCUT2D eigenvalue weighted by atomic mass is 9.88. The van der Waals surface area contributed by atoms with Crippen molar-refractivity contribution in [2.45, 2.75) is 0 Å². The summed E-state index contributed by atoms with van der Waals surface area (Å²) >= 11 is 0. The molecule has 0 atom stereocenters. The van der Waals surface area contributed by atoms with E-state index in [0.717, 1.165) is 12.1 Å². The van der Waals surface area contributed by atoms with Crippen LogP contribution >= 0.6 is 0 Å². The van der Waals surface area contributed by atoms with Crippen molar-refractivity contribution >= 4 is 16.7 Å². The van der Waals surface area contributed by atoms with Crippen LogP contribution in [0.1, 0.15) is 22.3 Å². The molecule has 1 aromatic heterocycles. The summed E-state index contributed by atoms with van der Waals surface area (Å²) in [4.78, 5) is 4.35. The summed E-state index contributed by atoms with van der Waals surface area (Å²) in [5.41, 5.74) is -0.492. The Kier molecular flexibility index (Phi) is 4.73. The fourth-order valence-electron chi connectivity index (χ4n) is 4.66. The van der Waals surface area contributed by atoms with Gasteiger partial charge in [0.15, 0.2) is 0 Å². The van der Waals surface area contributed by atoms with Crippen LogP contribution in [0.25, 0.3) is 28.0 Å². The average Bonchev–Trinajstić information content (AvgIpc) is 3.38.